The van der Waals surface area contributed by atoms with Gasteiger partial charge in [-0.2, -0.15) is 4.89 Å². The predicted octanol–water partition coefficient (Wildman–Crippen LogP) is 6.42. The first kappa shape index (κ1) is 20.6. The second-order valence-electron chi connectivity index (χ2n) is 10.9. The van der Waals surface area contributed by atoms with Crippen molar-refractivity contribution in [2.75, 3.05) is 0 Å². The summed E-state index contributed by atoms with van der Waals surface area (Å²) < 4.78 is 0. The van der Waals surface area contributed by atoms with Crippen molar-refractivity contribution >= 4 is 0 Å². The van der Waals surface area contributed by atoms with Crippen LogP contribution < -0.4 is 0 Å². The van der Waals surface area contributed by atoms with E-state index in [-0.39, 0.29) is 12.2 Å². The van der Waals surface area contributed by atoms with Crippen molar-refractivity contribution in [1.29, 1.82) is 0 Å². The van der Waals surface area contributed by atoms with Crippen LogP contribution in [0.3, 0.4) is 0 Å². The molecule has 0 radical (unpaired) electrons. The fourth-order valence-corrected chi connectivity index (χ4v) is 6.91. The zero-order valence-corrected chi connectivity index (χ0v) is 18.7. The molecule has 0 spiro atoms. The van der Waals surface area contributed by atoms with Crippen LogP contribution in [0.2, 0.25) is 0 Å². The molecule has 5 rings (SSSR count). The van der Waals surface area contributed by atoms with Crippen LogP contribution in [0.1, 0.15) is 78.1 Å². The Hall–Kier alpha value is -1.32. The van der Waals surface area contributed by atoms with Gasteiger partial charge in [-0.05, 0) is 99.0 Å². The van der Waals surface area contributed by atoms with Gasteiger partial charge in [-0.25, -0.2) is 0 Å². The minimum Gasteiger partial charge on any atom is -0.393 e. The maximum atomic E-state index is 10.1. The van der Waals surface area contributed by atoms with Gasteiger partial charge < -0.3 is 9.99 Å². The molecule has 3 heteroatoms. The molecule has 0 saturated heterocycles. The zero-order chi connectivity index (χ0) is 20.9. The molecule has 0 aromatic carbocycles. The molecule has 30 heavy (non-hydrogen) atoms. The Morgan fingerprint density at radius 1 is 1.17 bits per heavy atom. The highest BCUT2D eigenvalue weighted by atomic mass is 17.2. The van der Waals surface area contributed by atoms with E-state index >= 15 is 0 Å². The molecule has 0 aromatic rings. The van der Waals surface area contributed by atoms with E-state index in [1.807, 2.05) is 0 Å². The maximum absolute atomic E-state index is 10.1. The first-order valence-electron chi connectivity index (χ1n) is 12.3. The third kappa shape index (κ3) is 3.73. The van der Waals surface area contributed by atoms with Crippen molar-refractivity contribution in [3.8, 4) is 0 Å². The summed E-state index contributed by atoms with van der Waals surface area (Å²) in [6.45, 7) is 9.16. The molecule has 4 fully saturated rings. The second kappa shape index (κ2) is 7.98. The van der Waals surface area contributed by atoms with Crippen molar-refractivity contribution in [3.05, 3.63) is 47.3 Å². The van der Waals surface area contributed by atoms with E-state index < -0.39 is 0 Å². The summed E-state index contributed by atoms with van der Waals surface area (Å²) in [5, 5.41) is 10.1. The molecule has 1 heterocycles. The standard InChI is InChI=1S/C27H38O3/c1-17-6-11-22(28)15-21(17)10-7-19-5-4-14-27(3)23(12-13-24(19)27)18(2)25-16-26(30-29-25)20-8-9-20/h7,10,16,18,20,22-25,28H,1,4-6,8-9,11-15H2,2-3H3/b19-7+,21-10-/t18-,22-,23+,24?,25+,27+/m0/s1. The van der Waals surface area contributed by atoms with Crippen LogP contribution in [-0.4, -0.2) is 17.3 Å². The van der Waals surface area contributed by atoms with E-state index in [1.54, 1.807) is 5.57 Å². The minimum absolute atomic E-state index is 0.115. The molecule has 5 aliphatic rings. The predicted molar refractivity (Wildman–Crippen MR) is 119 cm³/mol. The Morgan fingerprint density at radius 3 is 2.80 bits per heavy atom. The van der Waals surface area contributed by atoms with Gasteiger partial charge in [0.15, 0.2) is 0 Å². The Kier molecular flexibility index (Phi) is 5.48. The summed E-state index contributed by atoms with van der Waals surface area (Å²) in [5.74, 6) is 3.55. The molecule has 164 valence electrons. The molecule has 1 aliphatic heterocycles. The third-order valence-corrected chi connectivity index (χ3v) is 8.94. The van der Waals surface area contributed by atoms with Crippen LogP contribution in [0.5, 0.6) is 0 Å². The zero-order valence-electron chi connectivity index (χ0n) is 18.7. The van der Waals surface area contributed by atoms with Gasteiger partial charge in [-0.15, -0.1) is 0 Å². The quantitative estimate of drug-likeness (QED) is 0.544. The minimum atomic E-state index is -0.198. The third-order valence-electron chi connectivity index (χ3n) is 8.94. The molecule has 1 N–H and O–H groups in total. The maximum Gasteiger partial charge on any atom is 0.144 e. The van der Waals surface area contributed by atoms with E-state index in [1.165, 1.54) is 56.1 Å². The second-order valence-corrected chi connectivity index (χ2v) is 10.9. The fraction of sp³-hybridized carbons (Fsp3) is 0.704. The SMILES string of the molecule is C=C1CC[C@H](O)C/C1=C/C=C1\CCC[C@@]2(C)C1CC[C@@H]2[C@H](C)[C@H]1C=C(C2CC2)OO1. The lowest BCUT2D eigenvalue weighted by molar-refractivity contribution is -0.278. The number of aliphatic hydroxyl groups excluding tert-OH is 1. The van der Waals surface area contributed by atoms with Crippen molar-refractivity contribution in [2.24, 2.45) is 29.1 Å². The Labute approximate surface area is 181 Å². The first-order valence-corrected chi connectivity index (χ1v) is 12.3. The average molecular weight is 411 g/mol. The lowest BCUT2D eigenvalue weighted by atomic mass is 9.60. The average Bonchev–Trinajstić information content (AvgIpc) is 3.34. The molecule has 6 atom stereocenters. The van der Waals surface area contributed by atoms with Gasteiger partial charge in [0.1, 0.15) is 11.9 Å². The topological polar surface area (TPSA) is 38.7 Å². The van der Waals surface area contributed by atoms with E-state index in [0.29, 0.717) is 29.1 Å². The van der Waals surface area contributed by atoms with Crippen LogP contribution >= 0.6 is 0 Å². The van der Waals surface area contributed by atoms with Gasteiger partial charge in [-0.1, -0.05) is 43.7 Å². The van der Waals surface area contributed by atoms with Gasteiger partial charge in [-0.3, -0.25) is 0 Å². The Morgan fingerprint density at radius 2 is 2.00 bits per heavy atom. The van der Waals surface area contributed by atoms with Crippen LogP contribution in [0.15, 0.2) is 47.3 Å². The number of hydrogen-bond acceptors (Lipinski definition) is 3. The Balaban J connectivity index is 1.33. The van der Waals surface area contributed by atoms with Crippen LogP contribution in [0.25, 0.3) is 0 Å². The highest BCUT2D eigenvalue weighted by Gasteiger charge is 2.52. The fourth-order valence-electron chi connectivity index (χ4n) is 6.91. The first-order chi connectivity index (χ1) is 14.5. The molecule has 0 amide bonds. The van der Waals surface area contributed by atoms with E-state index in [0.717, 1.165) is 25.0 Å². The number of hydrogen-bond donors (Lipinski definition) is 1. The molecular weight excluding hydrogens is 372 g/mol. The number of fused-ring (bicyclic) bond motifs is 1. The lowest BCUT2D eigenvalue weighted by Crippen LogP contribution is -2.39. The van der Waals surface area contributed by atoms with Crippen molar-refractivity contribution in [3.63, 3.8) is 0 Å². The molecule has 4 aliphatic carbocycles. The van der Waals surface area contributed by atoms with Crippen LogP contribution in [0, 0.1) is 29.1 Å². The molecule has 3 nitrogen and oxygen atoms in total. The van der Waals surface area contributed by atoms with Crippen LogP contribution in [0.4, 0.5) is 0 Å². The van der Waals surface area contributed by atoms with Crippen molar-refractivity contribution in [1.82, 2.24) is 0 Å². The van der Waals surface area contributed by atoms with Gasteiger partial charge in [0.05, 0.1) is 6.10 Å². The van der Waals surface area contributed by atoms with E-state index in [4.69, 9.17) is 9.78 Å². The summed E-state index contributed by atoms with van der Waals surface area (Å²) in [5.41, 5.74) is 4.44. The Bertz CT molecular complexity index is 786. The van der Waals surface area contributed by atoms with Gasteiger partial charge >= 0.3 is 0 Å². The monoisotopic (exact) mass is 410 g/mol. The molecule has 1 unspecified atom stereocenters. The highest BCUT2D eigenvalue weighted by Crippen LogP contribution is 2.60. The summed E-state index contributed by atoms with van der Waals surface area (Å²) in [6, 6.07) is 0. The summed E-state index contributed by atoms with van der Waals surface area (Å²) in [4.78, 5) is 11.4. The largest absolute Gasteiger partial charge is 0.393 e. The number of rotatable bonds is 4. The van der Waals surface area contributed by atoms with Crippen molar-refractivity contribution < 1.29 is 14.9 Å². The smallest absolute Gasteiger partial charge is 0.144 e. The summed E-state index contributed by atoms with van der Waals surface area (Å²) in [7, 11) is 0. The summed E-state index contributed by atoms with van der Waals surface area (Å²) >= 11 is 0. The van der Waals surface area contributed by atoms with Gasteiger partial charge in [0, 0.05) is 5.92 Å². The van der Waals surface area contributed by atoms with E-state index in [9.17, 15) is 5.11 Å². The normalized spacial score (nSPS) is 42.9. The van der Waals surface area contributed by atoms with Crippen molar-refractivity contribution in [2.45, 2.75) is 90.3 Å². The highest BCUT2D eigenvalue weighted by molar-refractivity contribution is 5.36. The van der Waals surface area contributed by atoms with Crippen LogP contribution in [-0.2, 0) is 9.78 Å². The molecule has 4 saturated carbocycles. The molecular formula is C27H38O3. The van der Waals surface area contributed by atoms with Gasteiger partial charge in [0.2, 0.25) is 0 Å². The lowest BCUT2D eigenvalue weighted by Gasteiger charge is -2.44. The summed E-state index contributed by atoms with van der Waals surface area (Å²) in [6.07, 6.45) is 18.3. The number of allylic oxidation sites excluding steroid dienone is 5. The van der Waals surface area contributed by atoms with E-state index in [2.05, 4.69) is 38.7 Å². The molecule has 0 aromatic heterocycles. The number of aliphatic hydroxyl groups is 1. The molecule has 0 bridgehead atoms. The van der Waals surface area contributed by atoms with Gasteiger partial charge in [0.25, 0.3) is 0 Å².